The number of nitrogens with zero attached hydrogens (tertiary/aromatic N) is 3. The Bertz CT molecular complexity index is 1420. The molecule has 0 spiro atoms. The number of aromatic amines is 1. The smallest absolute Gasteiger partial charge is 0.256 e. The number of hydrazone groups is 1. The number of rotatable bonds is 8. The summed E-state index contributed by atoms with van der Waals surface area (Å²) in [6.45, 7) is 6.24. The lowest BCUT2D eigenvalue weighted by molar-refractivity contribution is -0.143. The fourth-order valence-corrected chi connectivity index (χ4v) is 5.62. The Kier molecular flexibility index (Phi) is 7.03. The van der Waals surface area contributed by atoms with Gasteiger partial charge in [0.1, 0.15) is 11.5 Å². The number of aromatic nitrogens is 1. The molecule has 2 atom stereocenters. The Labute approximate surface area is 228 Å². The second kappa shape index (κ2) is 10.3. The van der Waals surface area contributed by atoms with Crippen LogP contribution >= 0.6 is 0 Å². The van der Waals surface area contributed by atoms with Gasteiger partial charge in [-0.3, -0.25) is 14.4 Å². The van der Waals surface area contributed by atoms with Crippen LogP contribution < -0.4 is 11.1 Å². The number of carbonyl (C=O) groups is 3. The van der Waals surface area contributed by atoms with E-state index in [-0.39, 0.29) is 18.4 Å². The summed E-state index contributed by atoms with van der Waals surface area (Å²) in [7, 11) is 0. The Hall–Kier alpha value is -3.98. The molecule has 0 aliphatic carbocycles. The molecule has 5 rings (SSSR count). The standard InChI is InChI=1S/C30H36N6O3/c1-4-36-28(39)30(17-20-10-6-5-7-11-20)19-35(15-14-25(30)34-36)26(37)24(33-27(38)29(2,3)31)16-21-18-32-23-13-9-8-12-22(21)23/h5-13,18,24,32H,4,14-17,19,31H2,1-3H3,(H,33,38)/t24-,30+/m1/s1. The molecule has 1 saturated heterocycles. The summed E-state index contributed by atoms with van der Waals surface area (Å²) in [6, 6.07) is 16.9. The Morgan fingerprint density at radius 1 is 1.15 bits per heavy atom. The fraction of sp³-hybridized carbons (Fsp3) is 0.400. The third kappa shape index (κ3) is 5.06. The number of likely N-dealkylation sites (tertiary alicyclic amines) is 1. The summed E-state index contributed by atoms with van der Waals surface area (Å²) in [5.74, 6) is -0.721. The Morgan fingerprint density at radius 3 is 2.59 bits per heavy atom. The van der Waals surface area contributed by atoms with Crippen molar-refractivity contribution in [3.63, 3.8) is 0 Å². The molecule has 0 radical (unpaired) electrons. The molecule has 3 heterocycles. The van der Waals surface area contributed by atoms with E-state index in [0.717, 1.165) is 27.7 Å². The molecule has 4 N–H and O–H groups in total. The molecule has 3 aromatic rings. The van der Waals surface area contributed by atoms with Crippen molar-refractivity contribution >= 4 is 34.3 Å². The molecule has 204 valence electrons. The monoisotopic (exact) mass is 528 g/mol. The van der Waals surface area contributed by atoms with Crippen LogP contribution in [0, 0.1) is 5.41 Å². The molecule has 0 unspecified atom stereocenters. The summed E-state index contributed by atoms with van der Waals surface area (Å²) < 4.78 is 0. The van der Waals surface area contributed by atoms with Crippen LogP contribution in [-0.2, 0) is 27.2 Å². The summed E-state index contributed by atoms with van der Waals surface area (Å²) >= 11 is 0. The summed E-state index contributed by atoms with van der Waals surface area (Å²) in [5.41, 5.74) is 7.73. The predicted octanol–water partition coefficient (Wildman–Crippen LogP) is 2.61. The average molecular weight is 529 g/mol. The van der Waals surface area contributed by atoms with E-state index in [0.29, 0.717) is 32.4 Å². The molecule has 0 saturated carbocycles. The largest absolute Gasteiger partial charge is 0.361 e. The van der Waals surface area contributed by atoms with E-state index in [1.165, 1.54) is 5.01 Å². The lowest BCUT2D eigenvalue weighted by Crippen LogP contribution is -2.61. The van der Waals surface area contributed by atoms with Gasteiger partial charge in [-0.05, 0) is 44.4 Å². The SMILES string of the molecule is CCN1N=C2CCN(C(=O)[C@@H](Cc3c[nH]c4ccccc34)NC(=O)C(C)(C)N)C[C@]2(Cc2ccccc2)C1=O. The van der Waals surface area contributed by atoms with Crippen LogP contribution in [-0.4, -0.2) is 69.5 Å². The minimum atomic E-state index is -1.15. The second-order valence-corrected chi connectivity index (χ2v) is 11.1. The number of nitrogens with two attached hydrogens (primary N) is 1. The highest BCUT2D eigenvalue weighted by Crippen LogP contribution is 2.39. The van der Waals surface area contributed by atoms with E-state index in [1.807, 2.05) is 67.7 Å². The predicted molar refractivity (Wildman–Crippen MR) is 151 cm³/mol. The van der Waals surface area contributed by atoms with Crippen molar-refractivity contribution in [1.82, 2.24) is 20.2 Å². The molecule has 9 heteroatoms. The van der Waals surface area contributed by atoms with Gasteiger partial charge in [-0.2, -0.15) is 5.10 Å². The first-order valence-corrected chi connectivity index (χ1v) is 13.5. The normalized spacial score (nSPS) is 20.1. The highest BCUT2D eigenvalue weighted by molar-refractivity contribution is 6.14. The molecule has 3 amide bonds. The number of amides is 3. The van der Waals surface area contributed by atoms with Crippen LogP contribution in [0.1, 0.15) is 38.3 Å². The highest BCUT2D eigenvalue weighted by Gasteiger charge is 2.54. The fourth-order valence-electron chi connectivity index (χ4n) is 5.62. The maximum Gasteiger partial charge on any atom is 0.256 e. The van der Waals surface area contributed by atoms with Gasteiger partial charge in [0, 0.05) is 49.6 Å². The third-order valence-corrected chi connectivity index (χ3v) is 7.76. The van der Waals surface area contributed by atoms with Crippen molar-refractivity contribution in [2.24, 2.45) is 16.3 Å². The summed E-state index contributed by atoms with van der Waals surface area (Å²) in [6.07, 6.45) is 3.13. The number of hydrogen-bond donors (Lipinski definition) is 3. The minimum absolute atomic E-state index is 0.0818. The lowest BCUT2D eigenvalue weighted by Gasteiger charge is -2.41. The van der Waals surface area contributed by atoms with Gasteiger partial charge in [0.05, 0.1) is 11.3 Å². The van der Waals surface area contributed by atoms with Gasteiger partial charge < -0.3 is 20.9 Å². The number of fused-ring (bicyclic) bond motifs is 2. The number of para-hydroxylation sites is 1. The maximum atomic E-state index is 14.2. The molecule has 39 heavy (non-hydrogen) atoms. The topological polar surface area (TPSA) is 124 Å². The van der Waals surface area contributed by atoms with Gasteiger partial charge in [-0.25, -0.2) is 5.01 Å². The zero-order chi connectivity index (χ0) is 27.8. The zero-order valence-electron chi connectivity index (χ0n) is 22.7. The Balaban J connectivity index is 1.46. The third-order valence-electron chi connectivity index (χ3n) is 7.76. The van der Waals surface area contributed by atoms with Crippen molar-refractivity contribution in [3.8, 4) is 0 Å². The summed E-state index contributed by atoms with van der Waals surface area (Å²) in [5, 5.41) is 10.1. The average Bonchev–Trinajstić information content (AvgIpc) is 3.45. The van der Waals surface area contributed by atoms with E-state index in [4.69, 9.17) is 5.73 Å². The van der Waals surface area contributed by atoms with Gasteiger partial charge in [0.15, 0.2) is 0 Å². The van der Waals surface area contributed by atoms with Crippen molar-refractivity contribution in [2.45, 2.75) is 51.6 Å². The van der Waals surface area contributed by atoms with Crippen LogP contribution in [0.25, 0.3) is 10.9 Å². The molecule has 1 fully saturated rings. The molecule has 0 bridgehead atoms. The van der Waals surface area contributed by atoms with E-state index >= 15 is 0 Å². The first-order chi connectivity index (χ1) is 18.6. The van der Waals surface area contributed by atoms with Gasteiger partial charge in [-0.15, -0.1) is 0 Å². The quantitative estimate of drug-likeness (QED) is 0.416. The van der Waals surface area contributed by atoms with Gasteiger partial charge in [0.25, 0.3) is 5.91 Å². The van der Waals surface area contributed by atoms with Crippen LogP contribution in [0.15, 0.2) is 65.9 Å². The second-order valence-electron chi connectivity index (χ2n) is 11.1. The van der Waals surface area contributed by atoms with Crippen LogP contribution in [0.4, 0.5) is 0 Å². The van der Waals surface area contributed by atoms with E-state index < -0.39 is 22.9 Å². The van der Waals surface area contributed by atoms with E-state index in [9.17, 15) is 14.4 Å². The van der Waals surface area contributed by atoms with Crippen LogP contribution in [0.3, 0.4) is 0 Å². The van der Waals surface area contributed by atoms with Crippen molar-refractivity contribution in [1.29, 1.82) is 0 Å². The Morgan fingerprint density at radius 2 is 1.87 bits per heavy atom. The lowest BCUT2D eigenvalue weighted by atomic mass is 9.73. The van der Waals surface area contributed by atoms with Crippen LogP contribution in [0.5, 0.6) is 0 Å². The first kappa shape index (κ1) is 26.6. The molecule has 2 aliphatic heterocycles. The number of hydrogen-bond acceptors (Lipinski definition) is 5. The van der Waals surface area contributed by atoms with Gasteiger partial charge in [-0.1, -0.05) is 48.5 Å². The molecule has 2 aliphatic rings. The molecule has 2 aromatic carbocycles. The highest BCUT2D eigenvalue weighted by atomic mass is 16.2. The number of H-pyrrole nitrogens is 1. The van der Waals surface area contributed by atoms with E-state index in [1.54, 1.807) is 18.7 Å². The number of benzene rings is 2. The minimum Gasteiger partial charge on any atom is -0.361 e. The number of carbonyl (C=O) groups excluding carboxylic acids is 3. The molecular weight excluding hydrogens is 492 g/mol. The van der Waals surface area contributed by atoms with Gasteiger partial charge in [0.2, 0.25) is 11.8 Å². The molecule has 9 nitrogen and oxygen atoms in total. The summed E-state index contributed by atoms with van der Waals surface area (Å²) in [4.78, 5) is 45.8. The van der Waals surface area contributed by atoms with Crippen molar-refractivity contribution < 1.29 is 14.4 Å². The first-order valence-electron chi connectivity index (χ1n) is 13.5. The van der Waals surface area contributed by atoms with Gasteiger partial charge >= 0.3 is 0 Å². The number of piperidine rings is 1. The van der Waals surface area contributed by atoms with Crippen molar-refractivity contribution in [3.05, 3.63) is 71.9 Å². The molecule has 1 aromatic heterocycles. The zero-order valence-corrected chi connectivity index (χ0v) is 22.7. The van der Waals surface area contributed by atoms with E-state index in [2.05, 4.69) is 15.4 Å². The maximum absolute atomic E-state index is 14.2. The molecular formula is C30H36N6O3. The van der Waals surface area contributed by atoms with Crippen molar-refractivity contribution in [2.75, 3.05) is 19.6 Å². The van der Waals surface area contributed by atoms with Crippen LogP contribution in [0.2, 0.25) is 0 Å². The number of nitrogens with one attached hydrogen (secondary N) is 2.